The SMILES string of the molecule is COc1cccc(CCS(=O)(=O)N2CCc3ccc(OC)cc3C2C)c1. The van der Waals surface area contributed by atoms with Crippen molar-refractivity contribution in [1.29, 1.82) is 0 Å². The topological polar surface area (TPSA) is 55.8 Å². The van der Waals surface area contributed by atoms with E-state index < -0.39 is 10.0 Å². The molecule has 0 amide bonds. The van der Waals surface area contributed by atoms with Gasteiger partial charge in [0.1, 0.15) is 11.5 Å². The standard InChI is InChI=1S/C20H25NO4S/c1-15-20-14-19(25-3)8-7-17(20)9-11-21(15)26(22,23)12-10-16-5-4-6-18(13-16)24-2/h4-8,13-15H,9-12H2,1-3H3. The molecule has 0 saturated heterocycles. The lowest BCUT2D eigenvalue weighted by atomic mass is 9.95. The molecule has 1 atom stereocenters. The molecule has 0 N–H and O–H groups in total. The van der Waals surface area contributed by atoms with E-state index in [1.807, 2.05) is 49.4 Å². The highest BCUT2D eigenvalue weighted by atomic mass is 32.2. The molecule has 2 aromatic rings. The molecule has 0 fully saturated rings. The molecular formula is C20H25NO4S. The van der Waals surface area contributed by atoms with E-state index in [-0.39, 0.29) is 11.8 Å². The number of hydrogen-bond donors (Lipinski definition) is 0. The van der Waals surface area contributed by atoms with Gasteiger partial charge in [-0.25, -0.2) is 8.42 Å². The molecule has 6 heteroatoms. The van der Waals surface area contributed by atoms with E-state index in [0.717, 1.165) is 29.0 Å². The van der Waals surface area contributed by atoms with Gasteiger partial charge in [-0.1, -0.05) is 18.2 Å². The zero-order chi connectivity index (χ0) is 18.7. The lowest BCUT2D eigenvalue weighted by Crippen LogP contribution is -2.40. The molecule has 0 radical (unpaired) electrons. The van der Waals surface area contributed by atoms with E-state index in [0.29, 0.717) is 13.0 Å². The molecule has 1 unspecified atom stereocenters. The molecule has 0 spiro atoms. The third kappa shape index (κ3) is 3.86. The van der Waals surface area contributed by atoms with Crippen molar-refractivity contribution in [1.82, 2.24) is 4.31 Å². The lowest BCUT2D eigenvalue weighted by Gasteiger charge is -2.34. The van der Waals surface area contributed by atoms with Crippen LogP contribution in [0.15, 0.2) is 42.5 Å². The minimum absolute atomic E-state index is 0.0871. The Hall–Kier alpha value is -2.05. The summed E-state index contributed by atoms with van der Waals surface area (Å²) in [6.45, 7) is 2.46. The van der Waals surface area contributed by atoms with Gasteiger partial charge in [-0.15, -0.1) is 0 Å². The summed E-state index contributed by atoms with van der Waals surface area (Å²) in [7, 11) is -0.130. The number of hydrogen-bond acceptors (Lipinski definition) is 4. The smallest absolute Gasteiger partial charge is 0.214 e. The van der Waals surface area contributed by atoms with Crippen LogP contribution in [0.4, 0.5) is 0 Å². The number of fused-ring (bicyclic) bond motifs is 1. The molecular weight excluding hydrogens is 350 g/mol. The second-order valence-corrected chi connectivity index (χ2v) is 8.56. The van der Waals surface area contributed by atoms with Crippen molar-refractivity contribution >= 4 is 10.0 Å². The molecule has 1 aliphatic heterocycles. The van der Waals surface area contributed by atoms with Gasteiger partial charge in [0, 0.05) is 12.6 Å². The van der Waals surface area contributed by atoms with Crippen LogP contribution in [-0.4, -0.2) is 39.2 Å². The second kappa shape index (κ2) is 7.68. The van der Waals surface area contributed by atoms with Crippen molar-refractivity contribution < 1.29 is 17.9 Å². The summed E-state index contributed by atoms with van der Waals surface area (Å²) in [6, 6.07) is 13.3. The normalized spacial score (nSPS) is 17.6. The summed E-state index contributed by atoms with van der Waals surface area (Å²) >= 11 is 0. The Balaban J connectivity index is 1.76. The molecule has 3 rings (SSSR count). The van der Waals surface area contributed by atoms with E-state index in [4.69, 9.17) is 9.47 Å². The second-order valence-electron chi connectivity index (χ2n) is 6.52. The molecule has 0 bridgehead atoms. The first kappa shape index (κ1) is 18.7. The van der Waals surface area contributed by atoms with Gasteiger partial charge in [0.15, 0.2) is 0 Å². The predicted octanol–water partition coefficient (Wildman–Crippen LogP) is 3.20. The minimum atomic E-state index is -3.36. The summed E-state index contributed by atoms with van der Waals surface area (Å²) in [5.41, 5.74) is 3.18. The van der Waals surface area contributed by atoms with Gasteiger partial charge in [0.25, 0.3) is 0 Å². The maximum Gasteiger partial charge on any atom is 0.214 e. The average Bonchev–Trinajstić information content (AvgIpc) is 2.66. The van der Waals surface area contributed by atoms with Crippen molar-refractivity contribution in [2.75, 3.05) is 26.5 Å². The highest BCUT2D eigenvalue weighted by Gasteiger charge is 2.32. The highest BCUT2D eigenvalue weighted by molar-refractivity contribution is 7.89. The molecule has 5 nitrogen and oxygen atoms in total. The van der Waals surface area contributed by atoms with Crippen LogP contribution in [0.5, 0.6) is 11.5 Å². The number of rotatable bonds is 6. The van der Waals surface area contributed by atoms with E-state index >= 15 is 0 Å². The summed E-state index contributed by atoms with van der Waals surface area (Å²) in [6.07, 6.45) is 1.19. The fourth-order valence-corrected chi connectivity index (χ4v) is 5.16. The number of aryl methyl sites for hydroxylation is 1. The van der Waals surface area contributed by atoms with Crippen LogP contribution in [-0.2, 0) is 22.9 Å². The van der Waals surface area contributed by atoms with Crippen molar-refractivity contribution in [3.05, 3.63) is 59.2 Å². The first-order chi connectivity index (χ1) is 12.4. The van der Waals surface area contributed by atoms with Crippen LogP contribution >= 0.6 is 0 Å². The van der Waals surface area contributed by atoms with Gasteiger partial charge in [0.05, 0.1) is 20.0 Å². The van der Waals surface area contributed by atoms with E-state index in [1.54, 1.807) is 18.5 Å². The maximum absolute atomic E-state index is 13.0. The first-order valence-corrected chi connectivity index (χ1v) is 10.3. The molecule has 1 aliphatic rings. The number of sulfonamides is 1. The molecule has 26 heavy (non-hydrogen) atoms. The Labute approximate surface area is 155 Å². The van der Waals surface area contributed by atoms with Crippen LogP contribution in [0.3, 0.4) is 0 Å². The molecule has 0 aliphatic carbocycles. The lowest BCUT2D eigenvalue weighted by molar-refractivity contribution is 0.324. The van der Waals surface area contributed by atoms with Crippen molar-refractivity contribution in [2.45, 2.75) is 25.8 Å². The molecule has 2 aromatic carbocycles. The Morgan fingerprint density at radius 1 is 1.08 bits per heavy atom. The van der Waals surface area contributed by atoms with E-state index in [2.05, 4.69) is 0 Å². The average molecular weight is 375 g/mol. The van der Waals surface area contributed by atoms with Crippen LogP contribution in [0.2, 0.25) is 0 Å². The highest BCUT2D eigenvalue weighted by Crippen LogP contribution is 2.34. The van der Waals surface area contributed by atoms with Crippen LogP contribution in [0, 0.1) is 0 Å². The van der Waals surface area contributed by atoms with Gasteiger partial charge in [-0.05, 0) is 60.7 Å². The number of ether oxygens (including phenoxy) is 2. The summed E-state index contributed by atoms with van der Waals surface area (Å²) < 4.78 is 38.0. The Morgan fingerprint density at radius 3 is 2.54 bits per heavy atom. The quantitative estimate of drug-likeness (QED) is 0.778. The fourth-order valence-electron chi connectivity index (χ4n) is 3.47. The van der Waals surface area contributed by atoms with Crippen molar-refractivity contribution in [3.63, 3.8) is 0 Å². The van der Waals surface area contributed by atoms with Gasteiger partial charge >= 0.3 is 0 Å². The molecule has 0 saturated carbocycles. The Kier molecular flexibility index (Phi) is 5.53. The maximum atomic E-state index is 13.0. The van der Waals surface area contributed by atoms with Gasteiger partial charge in [-0.3, -0.25) is 0 Å². The largest absolute Gasteiger partial charge is 0.497 e. The molecule has 140 valence electrons. The monoisotopic (exact) mass is 375 g/mol. The van der Waals surface area contributed by atoms with Gasteiger partial charge in [0.2, 0.25) is 10.0 Å². The third-order valence-corrected chi connectivity index (χ3v) is 6.91. The number of benzene rings is 2. The molecule has 0 aromatic heterocycles. The fraction of sp³-hybridized carbons (Fsp3) is 0.400. The van der Waals surface area contributed by atoms with Crippen molar-refractivity contribution in [3.8, 4) is 11.5 Å². The minimum Gasteiger partial charge on any atom is -0.497 e. The summed E-state index contributed by atoms with van der Waals surface area (Å²) in [5, 5.41) is 0. The van der Waals surface area contributed by atoms with Crippen molar-refractivity contribution in [2.24, 2.45) is 0 Å². The van der Waals surface area contributed by atoms with Crippen LogP contribution in [0.25, 0.3) is 0 Å². The van der Waals surface area contributed by atoms with Crippen LogP contribution < -0.4 is 9.47 Å². The zero-order valence-corrected chi connectivity index (χ0v) is 16.3. The van der Waals surface area contributed by atoms with Gasteiger partial charge in [-0.2, -0.15) is 4.31 Å². The van der Waals surface area contributed by atoms with E-state index in [1.165, 1.54) is 5.56 Å². The Bertz CT molecular complexity index is 879. The Morgan fingerprint density at radius 2 is 1.81 bits per heavy atom. The molecule has 1 heterocycles. The van der Waals surface area contributed by atoms with Gasteiger partial charge < -0.3 is 9.47 Å². The third-order valence-electron chi connectivity index (χ3n) is 4.98. The predicted molar refractivity (Wildman–Crippen MR) is 102 cm³/mol. The summed E-state index contributed by atoms with van der Waals surface area (Å²) in [5.74, 6) is 1.59. The summed E-state index contributed by atoms with van der Waals surface area (Å²) in [4.78, 5) is 0. The van der Waals surface area contributed by atoms with Crippen LogP contribution in [0.1, 0.15) is 29.7 Å². The number of methoxy groups -OCH3 is 2. The number of nitrogens with zero attached hydrogens (tertiary/aromatic N) is 1. The zero-order valence-electron chi connectivity index (χ0n) is 15.4. The first-order valence-electron chi connectivity index (χ1n) is 8.74. The van der Waals surface area contributed by atoms with E-state index in [9.17, 15) is 8.42 Å².